The van der Waals surface area contributed by atoms with Crippen LogP contribution in [0.2, 0.25) is 0 Å². The van der Waals surface area contributed by atoms with Gasteiger partial charge in [0.2, 0.25) is 0 Å². The lowest BCUT2D eigenvalue weighted by Crippen LogP contribution is -2.28. The molecular weight excluding hydrogens is 783 g/mol. The van der Waals surface area contributed by atoms with Gasteiger partial charge in [0.05, 0.1) is 5.41 Å². The van der Waals surface area contributed by atoms with Gasteiger partial charge in [0.25, 0.3) is 0 Å². The number of hydrogen-bond donors (Lipinski definition) is 0. The van der Waals surface area contributed by atoms with E-state index < -0.39 is 0 Å². The molecule has 0 radical (unpaired) electrons. The van der Waals surface area contributed by atoms with E-state index in [0.29, 0.717) is 11.8 Å². The van der Waals surface area contributed by atoms with Crippen LogP contribution in [0.25, 0.3) is 55.6 Å². The number of fused-ring (bicyclic) bond motifs is 13. The van der Waals surface area contributed by atoms with Gasteiger partial charge in [-0.15, -0.1) is 0 Å². The van der Waals surface area contributed by atoms with Crippen LogP contribution in [0.4, 0.5) is 11.4 Å². The van der Waals surface area contributed by atoms with Gasteiger partial charge in [0.15, 0.2) is 0 Å². The van der Waals surface area contributed by atoms with Crippen molar-refractivity contribution in [3.63, 3.8) is 0 Å². The van der Waals surface area contributed by atoms with E-state index in [2.05, 4.69) is 255 Å². The molecule has 0 N–H and O–H groups in total. The third-order valence-corrected chi connectivity index (χ3v) is 15.2. The Morgan fingerprint density at radius 3 is 1.34 bits per heavy atom. The van der Waals surface area contributed by atoms with Gasteiger partial charge in [-0.3, -0.25) is 0 Å². The molecule has 0 aromatic heterocycles. The molecule has 0 aliphatic heterocycles. The van der Waals surface area contributed by atoms with E-state index in [1.807, 2.05) is 0 Å². The van der Waals surface area contributed by atoms with E-state index >= 15 is 0 Å². The van der Waals surface area contributed by atoms with Gasteiger partial charge in [-0.2, -0.15) is 0 Å². The summed E-state index contributed by atoms with van der Waals surface area (Å²) in [5.74, 6) is 0.739. The molecule has 1 heteroatoms. The lowest BCUT2D eigenvalue weighted by atomic mass is 9.70. The number of benzene rings is 9. The summed E-state index contributed by atoms with van der Waals surface area (Å²) in [6.45, 7) is 4.83. The van der Waals surface area contributed by atoms with Crippen molar-refractivity contribution in [2.24, 2.45) is 5.92 Å². The maximum absolute atomic E-state index is 2.53. The van der Waals surface area contributed by atoms with Crippen molar-refractivity contribution < 1.29 is 0 Å². The van der Waals surface area contributed by atoms with E-state index in [1.54, 1.807) is 0 Å². The van der Waals surface area contributed by atoms with Crippen LogP contribution in [0.1, 0.15) is 53.1 Å². The van der Waals surface area contributed by atoms with Gasteiger partial charge in [0.1, 0.15) is 0 Å². The highest BCUT2D eigenvalue weighted by Gasteiger charge is 2.51. The van der Waals surface area contributed by atoms with Gasteiger partial charge in [-0.1, -0.05) is 214 Å². The van der Waals surface area contributed by atoms with Crippen LogP contribution in [0.3, 0.4) is 0 Å². The molecule has 0 heterocycles. The molecule has 2 atom stereocenters. The summed E-state index contributed by atoms with van der Waals surface area (Å²) >= 11 is 0. The summed E-state index contributed by atoms with van der Waals surface area (Å²) in [5.41, 5.74) is 24.2. The van der Waals surface area contributed by atoms with E-state index in [0.717, 1.165) is 11.4 Å². The van der Waals surface area contributed by atoms with Gasteiger partial charge in [-0.25, -0.2) is 0 Å². The third-order valence-electron chi connectivity index (χ3n) is 15.2. The first kappa shape index (κ1) is 37.8. The molecule has 308 valence electrons. The first-order valence-corrected chi connectivity index (χ1v) is 23.1. The SMILES string of the molecule is CC1(C)c2ccccc2C2C=CC(N(c3ccc(-c4ccccc4)cc3)c3ccc(-c4ccc(-c5ccc6c(c5)C5(c7ccccc7-c7ccccc75)c5ccccc5-6)cc4)cc3)=CC21. The normalized spacial score (nSPS) is 17.4. The largest absolute Gasteiger partial charge is 0.311 e. The second-order valence-corrected chi connectivity index (χ2v) is 18.8. The number of allylic oxidation sites excluding steroid dienone is 3. The minimum Gasteiger partial charge on any atom is -0.311 e. The molecule has 0 fully saturated rings. The fraction of sp³-hybridized carbons (Fsp3) is 0.0938. The average Bonchev–Trinajstić information content (AvgIpc) is 3.93. The zero-order valence-electron chi connectivity index (χ0n) is 36.6. The lowest BCUT2D eigenvalue weighted by molar-refractivity contribution is 0.392. The van der Waals surface area contributed by atoms with Crippen LogP contribution >= 0.6 is 0 Å². The van der Waals surface area contributed by atoms with Crippen molar-refractivity contribution in [1.82, 2.24) is 0 Å². The predicted molar refractivity (Wildman–Crippen MR) is 271 cm³/mol. The second-order valence-electron chi connectivity index (χ2n) is 18.8. The summed E-state index contributed by atoms with van der Waals surface area (Å²) in [4.78, 5) is 2.44. The van der Waals surface area contributed by atoms with E-state index in [9.17, 15) is 0 Å². The van der Waals surface area contributed by atoms with E-state index in [1.165, 1.54) is 94.7 Å². The molecule has 65 heavy (non-hydrogen) atoms. The highest BCUT2D eigenvalue weighted by molar-refractivity contribution is 5.96. The molecule has 4 aliphatic rings. The summed E-state index contributed by atoms with van der Waals surface area (Å²) < 4.78 is 0. The minimum atomic E-state index is -0.349. The van der Waals surface area contributed by atoms with Crippen molar-refractivity contribution >= 4 is 11.4 Å². The van der Waals surface area contributed by atoms with Gasteiger partial charge >= 0.3 is 0 Å². The summed E-state index contributed by atoms with van der Waals surface area (Å²) in [7, 11) is 0. The maximum Gasteiger partial charge on any atom is 0.0725 e. The Morgan fingerprint density at radius 2 is 0.785 bits per heavy atom. The molecular formula is C64H47N. The zero-order valence-corrected chi connectivity index (χ0v) is 36.6. The second kappa shape index (κ2) is 14.4. The van der Waals surface area contributed by atoms with Crippen molar-refractivity contribution in [3.05, 3.63) is 276 Å². The quantitative estimate of drug-likeness (QED) is 0.161. The molecule has 4 aliphatic carbocycles. The Labute approximate surface area is 382 Å². The summed E-state index contributed by atoms with van der Waals surface area (Å²) in [6, 6.07) is 81.3. The van der Waals surface area contributed by atoms with Gasteiger partial charge in [0, 0.05) is 23.0 Å². The fourth-order valence-electron chi connectivity index (χ4n) is 12.1. The monoisotopic (exact) mass is 829 g/mol. The molecule has 0 saturated heterocycles. The molecule has 0 saturated carbocycles. The topological polar surface area (TPSA) is 3.24 Å². The zero-order chi connectivity index (χ0) is 43.3. The molecule has 0 bridgehead atoms. The highest BCUT2D eigenvalue weighted by atomic mass is 15.1. The van der Waals surface area contributed by atoms with E-state index in [-0.39, 0.29) is 10.8 Å². The van der Waals surface area contributed by atoms with Crippen LogP contribution in [-0.4, -0.2) is 0 Å². The molecule has 9 aromatic rings. The first-order valence-electron chi connectivity index (χ1n) is 23.1. The Morgan fingerprint density at radius 1 is 0.369 bits per heavy atom. The minimum absolute atomic E-state index is 0.0235. The van der Waals surface area contributed by atoms with Crippen LogP contribution in [0.15, 0.2) is 242 Å². The number of rotatable bonds is 6. The lowest BCUT2D eigenvalue weighted by Gasteiger charge is -2.34. The third kappa shape index (κ3) is 5.58. The average molecular weight is 830 g/mol. The van der Waals surface area contributed by atoms with Crippen molar-refractivity contribution in [2.45, 2.75) is 30.6 Å². The molecule has 1 nitrogen and oxygen atoms in total. The summed E-state index contributed by atoms with van der Waals surface area (Å²) in [6.07, 6.45) is 7.33. The Kier molecular flexibility index (Phi) is 8.37. The van der Waals surface area contributed by atoms with Crippen LogP contribution in [0, 0.1) is 5.92 Å². The molecule has 13 rings (SSSR count). The fourth-order valence-corrected chi connectivity index (χ4v) is 12.1. The first-order chi connectivity index (χ1) is 32.0. The van der Waals surface area contributed by atoms with Crippen molar-refractivity contribution in [2.75, 3.05) is 4.90 Å². The van der Waals surface area contributed by atoms with Gasteiger partial charge in [-0.05, 0) is 137 Å². The number of hydrogen-bond acceptors (Lipinski definition) is 1. The van der Waals surface area contributed by atoms with Crippen LogP contribution < -0.4 is 4.90 Å². The smallest absolute Gasteiger partial charge is 0.0725 e. The Hall–Kier alpha value is -7.74. The molecule has 0 amide bonds. The van der Waals surface area contributed by atoms with Crippen molar-refractivity contribution in [1.29, 1.82) is 0 Å². The van der Waals surface area contributed by atoms with E-state index in [4.69, 9.17) is 0 Å². The standard InChI is InChI=1S/C64H47N/c1-63(2)57-20-10-6-16-51(57)55-39-37-50(41-61(55)63)65(48-33-28-44(29-34-48)42-14-4-3-5-15-42)49-35-30-45(31-36-49)43-24-26-46(27-25-43)47-32-38-56-54-19-9-13-23-60(54)64(62(56)40-47)58-21-11-7-17-52(58)53-18-8-12-22-59(53)64/h3-41,55,61H,1-2H3. The van der Waals surface area contributed by atoms with Crippen LogP contribution in [-0.2, 0) is 10.8 Å². The summed E-state index contributed by atoms with van der Waals surface area (Å²) in [5, 5.41) is 0. The molecule has 9 aromatic carbocycles. The van der Waals surface area contributed by atoms with Crippen LogP contribution in [0.5, 0.6) is 0 Å². The Bertz CT molecular complexity index is 3320. The maximum atomic E-state index is 2.53. The predicted octanol–water partition coefficient (Wildman–Crippen LogP) is 16.3. The number of nitrogens with zero attached hydrogens (tertiary/aromatic N) is 1. The van der Waals surface area contributed by atoms with Crippen molar-refractivity contribution in [3.8, 4) is 55.6 Å². The van der Waals surface area contributed by atoms with Gasteiger partial charge < -0.3 is 4.90 Å². The highest BCUT2D eigenvalue weighted by Crippen LogP contribution is 2.63. The molecule has 1 spiro atoms. The number of anilines is 2. The molecule has 2 unspecified atom stereocenters. The Balaban J connectivity index is 0.846.